The van der Waals surface area contributed by atoms with Gasteiger partial charge in [-0.3, -0.25) is 4.79 Å². The number of fused-ring (bicyclic) bond motifs is 1. The molecule has 0 aromatic heterocycles. The zero-order valence-electron chi connectivity index (χ0n) is 11.0. The van der Waals surface area contributed by atoms with Crippen LogP contribution in [0.3, 0.4) is 0 Å². The Balaban J connectivity index is 1.42. The van der Waals surface area contributed by atoms with E-state index in [1.165, 1.54) is 0 Å². The fourth-order valence-electron chi connectivity index (χ4n) is 2.53. The van der Waals surface area contributed by atoms with Crippen molar-refractivity contribution in [2.24, 2.45) is 5.92 Å². The first kappa shape index (κ1) is 13.1. The van der Waals surface area contributed by atoms with Crippen molar-refractivity contribution >= 4 is 12.1 Å². The number of rotatable bonds is 3. The van der Waals surface area contributed by atoms with Crippen molar-refractivity contribution in [1.82, 2.24) is 0 Å². The van der Waals surface area contributed by atoms with Gasteiger partial charge < -0.3 is 14.2 Å². The Hall–Kier alpha value is -1.88. The summed E-state index contributed by atoms with van der Waals surface area (Å²) in [7, 11) is 0. The highest BCUT2D eigenvalue weighted by Crippen LogP contribution is 2.39. The third kappa shape index (κ3) is 3.17. The van der Waals surface area contributed by atoms with Crippen LogP contribution in [-0.4, -0.2) is 24.3 Å². The molecule has 3 rings (SSSR count). The van der Waals surface area contributed by atoms with E-state index in [9.17, 15) is 9.59 Å². The molecule has 1 aromatic carbocycles. The molecular formula is C15H16O5. The topological polar surface area (TPSA) is 65.1 Å². The van der Waals surface area contributed by atoms with E-state index >= 15 is 0 Å². The predicted octanol–water partition coefficient (Wildman–Crippen LogP) is 2.43. The maximum absolute atomic E-state index is 11.8. The van der Waals surface area contributed by atoms with Crippen LogP contribution in [-0.2, 0) is 25.6 Å². The zero-order chi connectivity index (χ0) is 13.9. The number of hydrogen-bond acceptors (Lipinski definition) is 5. The second-order valence-corrected chi connectivity index (χ2v) is 5.17. The fourth-order valence-corrected chi connectivity index (χ4v) is 2.53. The summed E-state index contributed by atoms with van der Waals surface area (Å²) >= 11 is 0. The van der Waals surface area contributed by atoms with Crippen molar-refractivity contribution in [3.63, 3.8) is 0 Å². The summed E-state index contributed by atoms with van der Waals surface area (Å²) in [5.41, 5.74) is 0.851. The van der Waals surface area contributed by atoms with Gasteiger partial charge in [0.05, 0.1) is 18.1 Å². The number of carbonyl (C=O) groups excluding carboxylic acids is 2. The standard InChI is InChI=1S/C15H16O5/c16-14(11-6-7-12-13(8-11)19-12)20-15(17)18-9-10-4-2-1-3-5-10/h1-5,11-13H,6-9H2. The summed E-state index contributed by atoms with van der Waals surface area (Å²) < 4.78 is 15.0. The molecule has 1 saturated heterocycles. The van der Waals surface area contributed by atoms with Gasteiger partial charge in [-0.1, -0.05) is 30.3 Å². The van der Waals surface area contributed by atoms with Crippen molar-refractivity contribution in [3.05, 3.63) is 35.9 Å². The number of esters is 1. The SMILES string of the molecule is O=C(OCc1ccccc1)OC(=O)C1CCC2OC2C1. The smallest absolute Gasteiger partial charge is 0.429 e. The summed E-state index contributed by atoms with van der Waals surface area (Å²) in [5.74, 6) is -0.750. The molecule has 1 aliphatic heterocycles. The summed E-state index contributed by atoms with van der Waals surface area (Å²) in [5, 5.41) is 0. The first-order valence-corrected chi connectivity index (χ1v) is 6.80. The molecule has 2 fully saturated rings. The molecule has 0 N–H and O–H groups in total. The van der Waals surface area contributed by atoms with E-state index in [1.54, 1.807) is 0 Å². The second kappa shape index (κ2) is 5.63. The lowest BCUT2D eigenvalue weighted by atomic mass is 9.89. The van der Waals surface area contributed by atoms with Gasteiger partial charge in [0.25, 0.3) is 0 Å². The van der Waals surface area contributed by atoms with Crippen molar-refractivity contribution in [2.45, 2.75) is 38.1 Å². The first-order valence-electron chi connectivity index (χ1n) is 6.80. The molecule has 0 spiro atoms. The Kier molecular flexibility index (Phi) is 3.69. The Morgan fingerprint density at radius 2 is 1.95 bits per heavy atom. The van der Waals surface area contributed by atoms with Gasteiger partial charge in [0.1, 0.15) is 6.61 Å². The molecule has 5 nitrogen and oxygen atoms in total. The average Bonchev–Trinajstić information content (AvgIpc) is 3.24. The Bertz CT molecular complexity index is 498. The number of epoxide rings is 1. The zero-order valence-corrected chi connectivity index (χ0v) is 11.0. The third-order valence-corrected chi connectivity index (χ3v) is 3.72. The number of ether oxygens (including phenoxy) is 3. The molecular weight excluding hydrogens is 260 g/mol. The van der Waals surface area contributed by atoms with Crippen LogP contribution >= 0.6 is 0 Å². The fraction of sp³-hybridized carbons (Fsp3) is 0.467. The molecule has 0 radical (unpaired) electrons. The number of carbonyl (C=O) groups is 2. The molecule has 1 saturated carbocycles. The lowest BCUT2D eigenvalue weighted by molar-refractivity contribution is -0.145. The highest BCUT2D eigenvalue weighted by atomic mass is 16.7. The third-order valence-electron chi connectivity index (χ3n) is 3.72. The van der Waals surface area contributed by atoms with Gasteiger partial charge in [-0.15, -0.1) is 0 Å². The van der Waals surface area contributed by atoms with E-state index < -0.39 is 12.1 Å². The molecule has 0 bridgehead atoms. The van der Waals surface area contributed by atoms with Crippen LogP contribution < -0.4 is 0 Å². The number of benzene rings is 1. The summed E-state index contributed by atoms with van der Waals surface area (Å²) in [6, 6.07) is 9.25. The quantitative estimate of drug-likeness (QED) is 0.482. The first-order chi connectivity index (χ1) is 9.72. The van der Waals surface area contributed by atoms with E-state index in [0.29, 0.717) is 18.9 Å². The van der Waals surface area contributed by atoms with E-state index in [1.807, 2.05) is 30.3 Å². The van der Waals surface area contributed by atoms with Gasteiger partial charge >= 0.3 is 12.1 Å². The minimum absolute atomic E-state index is 0.103. The molecule has 2 aliphatic rings. The van der Waals surface area contributed by atoms with E-state index in [-0.39, 0.29) is 18.6 Å². The van der Waals surface area contributed by atoms with Crippen molar-refractivity contribution < 1.29 is 23.8 Å². The molecule has 5 heteroatoms. The van der Waals surface area contributed by atoms with Crippen LogP contribution in [0.15, 0.2) is 30.3 Å². The summed E-state index contributed by atoms with van der Waals surface area (Å²) in [4.78, 5) is 23.3. The van der Waals surface area contributed by atoms with Crippen LogP contribution in [0, 0.1) is 5.92 Å². The van der Waals surface area contributed by atoms with Gasteiger partial charge in [0.15, 0.2) is 0 Å². The van der Waals surface area contributed by atoms with E-state index in [2.05, 4.69) is 0 Å². The van der Waals surface area contributed by atoms with Crippen LogP contribution in [0.2, 0.25) is 0 Å². The van der Waals surface area contributed by atoms with Crippen molar-refractivity contribution in [2.75, 3.05) is 0 Å². The Morgan fingerprint density at radius 1 is 1.15 bits per heavy atom. The van der Waals surface area contributed by atoms with Crippen LogP contribution in [0.4, 0.5) is 4.79 Å². The molecule has 1 aliphatic carbocycles. The second-order valence-electron chi connectivity index (χ2n) is 5.17. The Labute approximate surface area is 116 Å². The van der Waals surface area contributed by atoms with Gasteiger partial charge in [-0.05, 0) is 24.8 Å². The van der Waals surface area contributed by atoms with Gasteiger partial charge in [-0.25, -0.2) is 4.79 Å². The van der Waals surface area contributed by atoms with Gasteiger partial charge in [0.2, 0.25) is 0 Å². The molecule has 3 unspecified atom stereocenters. The summed E-state index contributed by atoms with van der Waals surface area (Å²) in [6.45, 7) is 0.103. The summed E-state index contributed by atoms with van der Waals surface area (Å²) in [6.07, 6.45) is 1.80. The molecule has 20 heavy (non-hydrogen) atoms. The van der Waals surface area contributed by atoms with Crippen LogP contribution in [0.5, 0.6) is 0 Å². The maximum Gasteiger partial charge on any atom is 0.516 e. The molecule has 106 valence electrons. The number of hydrogen-bond donors (Lipinski definition) is 0. The normalized spacial score (nSPS) is 27.3. The molecule has 1 heterocycles. The lowest BCUT2D eigenvalue weighted by Gasteiger charge is -2.16. The molecule has 0 amide bonds. The highest BCUT2D eigenvalue weighted by molar-refractivity contribution is 5.83. The highest BCUT2D eigenvalue weighted by Gasteiger charge is 2.46. The monoisotopic (exact) mass is 276 g/mol. The lowest BCUT2D eigenvalue weighted by Crippen LogP contribution is -2.26. The van der Waals surface area contributed by atoms with Gasteiger partial charge in [0, 0.05) is 0 Å². The van der Waals surface area contributed by atoms with E-state index in [0.717, 1.165) is 12.0 Å². The van der Waals surface area contributed by atoms with Crippen LogP contribution in [0.1, 0.15) is 24.8 Å². The maximum atomic E-state index is 11.8. The largest absolute Gasteiger partial charge is 0.516 e. The minimum Gasteiger partial charge on any atom is -0.429 e. The van der Waals surface area contributed by atoms with Crippen molar-refractivity contribution in [3.8, 4) is 0 Å². The van der Waals surface area contributed by atoms with Crippen molar-refractivity contribution in [1.29, 1.82) is 0 Å². The average molecular weight is 276 g/mol. The molecule has 1 aromatic rings. The minimum atomic E-state index is -0.933. The predicted molar refractivity (Wildman–Crippen MR) is 68.7 cm³/mol. The van der Waals surface area contributed by atoms with Crippen LogP contribution in [0.25, 0.3) is 0 Å². The van der Waals surface area contributed by atoms with Gasteiger partial charge in [-0.2, -0.15) is 0 Å². The Morgan fingerprint density at radius 3 is 2.70 bits per heavy atom. The van der Waals surface area contributed by atoms with E-state index in [4.69, 9.17) is 14.2 Å². The molecule has 3 atom stereocenters.